The predicted molar refractivity (Wildman–Crippen MR) is 126 cm³/mol. The molecule has 0 radical (unpaired) electrons. The Balaban J connectivity index is 2.01. The van der Waals surface area contributed by atoms with Gasteiger partial charge in [-0.15, -0.1) is 0 Å². The van der Waals surface area contributed by atoms with Gasteiger partial charge in [-0.05, 0) is 0 Å². The molecular formula is C24H22ClF3IN4O4-. The van der Waals surface area contributed by atoms with Gasteiger partial charge in [-0.3, -0.25) is 0 Å². The van der Waals surface area contributed by atoms with Gasteiger partial charge in [0, 0.05) is 0 Å². The zero-order valence-electron chi connectivity index (χ0n) is 20.2. The standard InChI is InChI=1S/C24H22ClF3IN4O4/c1-23(2,3)36-12-16-5-15(9-29-32-21(16)35-4)11-33-13-31-20(24(26,27)28)19(22(33)34)37-18-7-14(10-30)6-17(25)8-18/h5-9,13H,11-12H2,1-4H3/q-1. The predicted octanol–water partition coefficient (Wildman–Crippen LogP) is 2.27. The van der Waals surface area contributed by atoms with E-state index in [0.717, 1.165) is 10.9 Å². The summed E-state index contributed by atoms with van der Waals surface area (Å²) in [6.07, 6.45) is -2.41. The molecule has 0 amide bonds. The second-order valence-electron chi connectivity index (χ2n) is 8.69. The van der Waals surface area contributed by atoms with E-state index < -0.39 is 50.3 Å². The van der Waals surface area contributed by atoms with Gasteiger partial charge in [-0.25, -0.2) is 0 Å². The van der Waals surface area contributed by atoms with Gasteiger partial charge in [0.25, 0.3) is 0 Å². The van der Waals surface area contributed by atoms with Crippen molar-refractivity contribution >= 4 is 17.5 Å². The molecule has 1 aromatic heterocycles. The van der Waals surface area contributed by atoms with Crippen molar-refractivity contribution in [3.05, 3.63) is 72.5 Å². The average molecular weight is 650 g/mol. The van der Waals surface area contributed by atoms with Crippen LogP contribution in [0.25, 0.3) is 0 Å². The van der Waals surface area contributed by atoms with Crippen molar-refractivity contribution in [2.45, 2.75) is 39.1 Å². The van der Waals surface area contributed by atoms with Gasteiger partial charge in [0.15, 0.2) is 0 Å². The fourth-order valence-corrected chi connectivity index (χ4v) is 4.88. The maximum atomic E-state index is 13.7. The molecule has 198 valence electrons. The first-order valence-electron chi connectivity index (χ1n) is 10.6. The van der Waals surface area contributed by atoms with E-state index in [-0.39, 0.29) is 29.5 Å². The summed E-state index contributed by atoms with van der Waals surface area (Å²) in [7, 11) is 1.49. The van der Waals surface area contributed by atoms with Gasteiger partial charge in [-0.1, -0.05) is 0 Å². The number of allylic oxidation sites excluding steroid dienone is 2. The molecule has 0 saturated heterocycles. The average Bonchev–Trinajstić information content (AvgIpc) is 3.00. The topological polar surface area (TPSA) is 98.7 Å². The Labute approximate surface area is 226 Å². The molecule has 1 aliphatic rings. The molecule has 2 heterocycles. The molecule has 0 N–H and O–H groups in total. The van der Waals surface area contributed by atoms with Crippen LogP contribution in [0.5, 0.6) is 11.5 Å². The van der Waals surface area contributed by atoms with Crippen LogP contribution in [0.2, 0.25) is 5.02 Å². The molecule has 8 nitrogen and oxygen atoms in total. The Morgan fingerprint density at radius 2 is 1.95 bits per heavy atom. The third-order valence-corrected chi connectivity index (χ3v) is 6.65. The van der Waals surface area contributed by atoms with Gasteiger partial charge in [-0.2, -0.15) is 0 Å². The van der Waals surface area contributed by atoms with Crippen LogP contribution in [0.15, 0.2) is 53.8 Å². The molecule has 0 bridgehead atoms. The number of halogens is 5. The van der Waals surface area contributed by atoms with Crippen LogP contribution >= 0.6 is 11.6 Å². The Morgan fingerprint density at radius 3 is 2.57 bits per heavy atom. The Hall–Kier alpha value is -2.89. The summed E-state index contributed by atoms with van der Waals surface area (Å²) in [5, 5.41) is 9.18. The number of rotatable bonds is 6. The third-order valence-electron chi connectivity index (χ3n) is 4.64. The first-order chi connectivity index (χ1) is 17.3. The van der Waals surface area contributed by atoms with Crippen molar-refractivity contribution in [3.63, 3.8) is 0 Å². The van der Waals surface area contributed by atoms with E-state index in [1.807, 2.05) is 30.9 Å². The van der Waals surface area contributed by atoms with Crippen molar-refractivity contribution in [2.24, 2.45) is 3.21 Å². The number of hydrogen-bond donors (Lipinski definition) is 0. The summed E-state index contributed by atoms with van der Waals surface area (Å²) >= 11 is 5.08. The fourth-order valence-electron chi connectivity index (χ4n) is 3.02. The van der Waals surface area contributed by atoms with E-state index in [1.54, 1.807) is 6.08 Å². The van der Waals surface area contributed by atoms with Crippen molar-refractivity contribution in [2.75, 3.05) is 13.7 Å². The van der Waals surface area contributed by atoms with E-state index in [4.69, 9.17) is 31.1 Å². The van der Waals surface area contributed by atoms with Crippen LogP contribution in [-0.4, -0.2) is 34.8 Å². The van der Waals surface area contributed by atoms with Crippen LogP contribution in [-0.2, 0) is 22.2 Å². The molecule has 0 aliphatic carbocycles. The van der Waals surface area contributed by atoms with Crippen molar-refractivity contribution in [1.82, 2.24) is 9.55 Å². The molecule has 0 atom stereocenters. The van der Waals surface area contributed by atoms with Crippen LogP contribution in [0.3, 0.4) is 0 Å². The molecule has 0 spiro atoms. The molecule has 0 fully saturated rings. The number of nitrogens with zero attached hydrogens (tertiary/aromatic N) is 4. The van der Waals surface area contributed by atoms with Gasteiger partial charge < -0.3 is 0 Å². The Morgan fingerprint density at radius 1 is 1.22 bits per heavy atom. The number of alkyl halides is 3. The minimum absolute atomic E-state index is 0.0527. The molecule has 0 unspecified atom stereocenters. The summed E-state index contributed by atoms with van der Waals surface area (Å²) in [6, 6.07) is 5.52. The van der Waals surface area contributed by atoms with Crippen molar-refractivity contribution in [1.29, 1.82) is 5.26 Å². The maximum absolute atomic E-state index is 13.7. The summed E-state index contributed by atoms with van der Waals surface area (Å²) in [4.78, 5) is 16.7. The summed E-state index contributed by atoms with van der Waals surface area (Å²) < 4.78 is 64.9. The summed E-state index contributed by atoms with van der Waals surface area (Å²) in [6.45, 7) is 5.77. The monoisotopic (exact) mass is 649 g/mol. The minimum atomic E-state index is -4.96. The molecule has 2 aromatic rings. The Kier molecular flexibility index (Phi) is 9.04. The van der Waals surface area contributed by atoms with Gasteiger partial charge in [0.1, 0.15) is 0 Å². The Bertz CT molecular complexity index is 1370. The molecule has 13 heteroatoms. The second kappa shape index (κ2) is 11.7. The van der Waals surface area contributed by atoms with E-state index >= 15 is 0 Å². The van der Waals surface area contributed by atoms with E-state index in [9.17, 15) is 18.0 Å². The number of nitriles is 1. The molecule has 37 heavy (non-hydrogen) atoms. The van der Waals surface area contributed by atoms with Crippen molar-refractivity contribution in [3.8, 4) is 17.6 Å². The summed E-state index contributed by atoms with van der Waals surface area (Å²) in [5.74, 6) is -0.830. The number of methoxy groups -OCH3 is 1. The van der Waals surface area contributed by atoms with Crippen molar-refractivity contribution < 1.29 is 48.9 Å². The first-order valence-corrected chi connectivity index (χ1v) is 13.2. The molecule has 1 aromatic carbocycles. The zero-order chi connectivity index (χ0) is 27.4. The number of benzene rings is 1. The molecule has 3 rings (SSSR count). The number of hydrogen-bond acceptors (Lipinski definition) is 7. The molecule has 1 aliphatic heterocycles. The van der Waals surface area contributed by atoms with Gasteiger partial charge in [0.05, 0.1) is 0 Å². The van der Waals surface area contributed by atoms with Gasteiger partial charge in [0.2, 0.25) is 0 Å². The normalized spacial score (nSPS) is 14.4. The first kappa shape index (κ1) is 28.7. The summed E-state index contributed by atoms with van der Waals surface area (Å²) in [5.41, 5.74) is -1.67. The quantitative estimate of drug-likeness (QED) is 0.446. The van der Waals surface area contributed by atoms with Crippen LogP contribution in [0.1, 0.15) is 32.0 Å². The zero-order valence-corrected chi connectivity index (χ0v) is 23.1. The van der Waals surface area contributed by atoms with Crippen LogP contribution in [0, 0.1) is 11.3 Å². The van der Waals surface area contributed by atoms with E-state index in [2.05, 4.69) is 8.19 Å². The number of ether oxygens (including phenoxy) is 3. The van der Waals surface area contributed by atoms with E-state index in [1.165, 1.54) is 25.3 Å². The molecule has 0 saturated carbocycles. The number of aromatic nitrogens is 2. The fraction of sp³-hybridized carbons (Fsp3) is 0.333. The van der Waals surface area contributed by atoms with Crippen LogP contribution in [0.4, 0.5) is 13.2 Å². The van der Waals surface area contributed by atoms with Crippen LogP contribution < -0.4 is 31.8 Å². The molecular weight excluding hydrogens is 628 g/mol. The second-order valence-corrected chi connectivity index (χ2v) is 10.8. The van der Waals surface area contributed by atoms with Gasteiger partial charge >= 0.3 is 227 Å². The SMILES string of the molecule is COC1=N[I-]C=C(Cn2cnc(C(F)(F)F)c(Oc3cc(Cl)cc(C#N)c3)c2=O)C=C1COC(C)(C)C. The third kappa shape index (κ3) is 7.80. The van der Waals surface area contributed by atoms with E-state index in [0.29, 0.717) is 17.0 Å².